The number of hydrogen-bond acceptors (Lipinski definition) is 5. The SMILES string of the molecule is COc1ccc(Nc2ncnc3sc4c(c23)CCCC4)cc1Cl. The molecular weight excluding hydrogens is 330 g/mol. The minimum atomic E-state index is 0.579. The summed E-state index contributed by atoms with van der Waals surface area (Å²) < 4.78 is 5.20. The molecule has 0 fully saturated rings. The minimum Gasteiger partial charge on any atom is -0.495 e. The van der Waals surface area contributed by atoms with Crippen LogP contribution in [-0.4, -0.2) is 17.1 Å². The molecule has 0 saturated heterocycles. The van der Waals surface area contributed by atoms with Gasteiger partial charge in [0.2, 0.25) is 0 Å². The lowest BCUT2D eigenvalue weighted by atomic mass is 9.97. The second kappa shape index (κ2) is 5.98. The molecule has 0 saturated carbocycles. The lowest BCUT2D eigenvalue weighted by molar-refractivity contribution is 0.415. The fourth-order valence-corrected chi connectivity index (χ4v) is 4.55. The number of thiophene rings is 1. The van der Waals surface area contributed by atoms with Gasteiger partial charge in [0.15, 0.2) is 0 Å². The fourth-order valence-electron chi connectivity index (χ4n) is 3.07. The molecule has 1 aromatic carbocycles. The minimum absolute atomic E-state index is 0.579. The number of rotatable bonds is 3. The van der Waals surface area contributed by atoms with Crippen molar-refractivity contribution in [3.63, 3.8) is 0 Å². The number of aryl methyl sites for hydroxylation is 2. The Morgan fingerprint density at radius 3 is 2.91 bits per heavy atom. The van der Waals surface area contributed by atoms with Gasteiger partial charge in [0.25, 0.3) is 0 Å². The molecule has 6 heteroatoms. The second-order valence-corrected chi connectivity index (χ2v) is 7.08. The van der Waals surface area contributed by atoms with E-state index in [-0.39, 0.29) is 0 Å². The van der Waals surface area contributed by atoms with Crippen LogP contribution in [0.15, 0.2) is 24.5 Å². The number of nitrogens with zero attached hydrogens (tertiary/aromatic N) is 2. The highest BCUT2D eigenvalue weighted by molar-refractivity contribution is 7.19. The predicted molar refractivity (Wildman–Crippen MR) is 95.3 cm³/mol. The summed E-state index contributed by atoms with van der Waals surface area (Å²) >= 11 is 8.01. The highest BCUT2D eigenvalue weighted by Crippen LogP contribution is 2.39. The largest absolute Gasteiger partial charge is 0.495 e. The molecule has 0 spiro atoms. The Hall–Kier alpha value is -1.85. The summed E-state index contributed by atoms with van der Waals surface area (Å²) in [6, 6.07) is 5.65. The number of benzene rings is 1. The Labute approximate surface area is 143 Å². The van der Waals surface area contributed by atoms with Crippen molar-refractivity contribution >= 4 is 44.7 Å². The quantitative estimate of drug-likeness (QED) is 0.727. The number of anilines is 2. The molecule has 2 aromatic heterocycles. The number of halogens is 1. The van der Waals surface area contributed by atoms with Gasteiger partial charge in [0.05, 0.1) is 17.5 Å². The molecule has 0 atom stereocenters. The van der Waals surface area contributed by atoms with Crippen LogP contribution in [0.25, 0.3) is 10.2 Å². The van der Waals surface area contributed by atoms with E-state index in [1.54, 1.807) is 24.8 Å². The van der Waals surface area contributed by atoms with E-state index in [0.29, 0.717) is 10.8 Å². The van der Waals surface area contributed by atoms with Crippen LogP contribution >= 0.6 is 22.9 Å². The van der Waals surface area contributed by atoms with Crippen molar-refractivity contribution in [2.75, 3.05) is 12.4 Å². The van der Waals surface area contributed by atoms with Gasteiger partial charge in [-0.05, 0) is 49.4 Å². The van der Waals surface area contributed by atoms with Gasteiger partial charge in [-0.15, -0.1) is 11.3 Å². The van der Waals surface area contributed by atoms with Gasteiger partial charge in [-0.25, -0.2) is 9.97 Å². The van der Waals surface area contributed by atoms with E-state index >= 15 is 0 Å². The highest BCUT2D eigenvalue weighted by atomic mass is 35.5. The molecule has 1 aliphatic carbocycles. The van der Waals surface area contributed by atoms with E-state index in [0.717, 1.165) is 29.2 Å². The summed E-state index contributed by atoms with van der Waals surface area (Å²) in [4.78, 5) is 11.4. The molecule has 3 aromatic rings. The molecule has 4 nitrogen and oxygen atoms in total. The third kappa shape index (κ3) is 2.64. The van der Waals surface area contributed by atoms with Crippen molar-refractivity contribution in [1.29, 1.82) is 0 Å². The van der Waals surface area contributed by atoms with E-state index < -0.39 is 0 Å². The Balaban J connectivity index is 1.77. The van der Waals surface area contributed by atoms with E-state index in [4.69, 9.17) is 16.3 Å². The van der Waals surface area contributed by atoms with Gasteiger partial charge >= 0.3 is 0 Å². The zero-order chi connectivity index (χ0) is 15.8. The average molecular weight is 346 g/mol. The van der Waals surface area contributed by atoms with Crippen LogP contribution in [0.1, 0.15) is 23.3 Å². The third-order valence-corrected chi connectivity index (χ3v) is 5.66. The van der Waals surface area contributed by atoms with Crippen LogP contribution in [0.4, 0.5) is 11.5 Å². The van der Waals surface area contributed by atoms with Gasteiger partial charge in [-0.1, -0.05) is 11.6 Å². The molecule has 2 heterocycles. The van der Waals surface area contributed by atoms with Gasteiger partial charge in [-0.2, -0.15) is 0 Å². The topological polar surface area (TPSA) is 47.0 Å². The van der Waals surface area contributed by atoms with Gasteiger partial charge in [0.1, 0.15) is 22.7 Å². The summed E-state index contributed by atoms with van der Waals surface area (Å²) in [5.74, 6) is 1.52. The van der Waals surface area contributed by atoms with Crippen LogP contribution in [-0.2, 0) is 12.8 Å². The van der Waals surface area contributed by atoms with E-state index in [9.17, 15) is 0 Å². The first-order valence-corrected chi connectivity index (χ1v) is 8.81. The summed E-state index contributed by atoms with van der Waals surface area (Å²) in [5.41, 5.74) is 2.31. The van der Waals surface area contributed by atoms with Crippen molar-refractivity contribution in [2.24, 2.45) is 0 Å². The molecule has 0 unspecified atom stereocenters. The Kier molecular flexibility index (Phi) is 3.83. The number of aromatic nitrogens is 2. The Bertz CT molecular complexity index is 878. The maximum Gasteiger partial charge on any atom is 0.142 e. The molecule has 0 bridgehead atoms. The summed E-state index contributed by atoms with van der Waals surface area (Å²) in [6.07, 6.45) is 6.40. The van der Waals surface area contributed by atoms with E-state index in [1.807, 2.05) is 18.2 Å². The maximum atomic E-state index is 6.21. The van der Waals surface area contributed by atoms with Crippen molar-refractivity contribution in [1.82, 2.24) is 9.97 Å². The molecule has 118 valence electrons. The molecule has 23 heavy (non-hydrogen) atoms. The maximum absolute atomic E-state index is 6.21. The number of nitrogens with one attached hydrogen (secondary N) is 1. The highest BCUT2D eigenvalue weighted by Gasteiger charge is 2.20. The summed E-state index contributed by atoms with van der Waals surface area (Å²) in [7, 11) is 1.61. The lowest BCUT2D eigenvalue weighted by Crippen LogP contribution is -2.01. The monoisotopic (exact) mass is 345 g/mol. The van der Waals surface area contributed by atoms with Crippen molar-refractivity contribution < 1.29 is 4.74 Å². The lowest BCUT2D eigenvalue weighted by Gasteiger charge is -2.13. The summed E-state index contributed by atoms with van der Waals surface area (Å²) in [6.45, 7) is 0. The van der Waals surface area contributed by atoms with Gasteiger partial charge < -0.3 is 10.1 Å². The molecular formula is C17H16ClN3OS. The fraction of sp³-hybridized carbons (Fsp3) is 0.294. The zero-order valence-corrected chi connectivity index (χ0v) is 14.3. The van der Waals surface area contributed by atoms with Crippen molar-refractivity contribution in [3.8, 4) is 5.75 Å². The zero-order valence-electron chi connectivity index (χ0n) is 12.7. The van der Waals surface area contributed by atoms with Crippen LogP contribution < -0.4 is 10.1 Å². The van der Waals surface area contributed by atoms with Gasteiger partial charge in [0, 0.05) is 10.6 Å². The normalized spacial score (nSPS) is 13.8. The Morgan fingerprint density at radius 2 is 2.09 bits per heavy atom. The van der Waals surface area contributed by atoms with Crippen molar-refractivity contribution in [3.05, 3.63) is 40.0 Å². The first-order chi connectivity index (χ1) is 11.3. The smallest absolute Gasteiger partial charge is 0.142 e. The molecule has 0 amide bonds. The number of ether oxygens (including phenoxy) is 1. The number of hydrogen-bond donors (Lipinski definition) is 1. The average Bonchev–Trinajstić information content (AvgIpc) is 2.94. The van der Waals surface area contributed by atoms with E-state index in [1.165, 1.54) is 28.7 Å². The Morgan fingerprint density at radius 1 is 1.22 bits per heavy atom. The second-order valence-electron chi connectivity index (χ2n) is 5.59. The first-order valence-electron chi connectivity index (χ1n) is 7.62. The van der Waals surface area contributed by atoms with Crippen LogP contribution in [0, 0.1) is 0 Å². The molecule has 1 N–H and O–H groups in total. The first kappa shape index (κ1) is 14.7. The standard InChI is InChI=1S/C17H16ClN3OS/c1-22-13-7-6-10(8-12(13)18)21-16-15-11-4-2-3-5-14(11)23-17(15)20-9-19-16/h6-9H,2-5H2,1H3,(H,19,20,21). The van der Waals surface area contributed by atoms with Gasteiger partial charge in [-0.3, -0.25) is 0 Å². The number of fused-ring (bicyclic) bond motifs is 3. The molecule has 0 radical (unpaired) electrons. The predicted octanol–water partition coefficient (Wildman–Crippen LogP) is 4.98. The third-order valence-electron chi connectivity index (χ3n) is 4.17. The molecule has 1 aliphatic rings. The molecule has 4 rings (SSSR count). The number of methoxy groups -OCH3 is 1. The van der Waals surface area contributed by atoms with Crippen LogP contribution in [0.2, 0.25) is 5.02 Å². The van der Waals surface area contributed by atoms with Crippen LogP contribution in [0.5, 0.6) is 5.75 Å². The molecule has 0 aliphatic heterocycles. The van der Waals surface area contributed by atoms with Crippen LogP contribution in [0.3, 0.4) is 0 Å². The van der Waals surface area contributed by atoms with E-state index in [2.05, 4.69) is 15.3 Å². The summed E-state index contributed by atoms with van der Waals surface area (Å²) in [5, 5.41) is 5.14. The van der Waals surface area contributed by atoms with Crippen molar-refractivity contribution in [2.45, 2.75) is 25.7 Å².